The van der Waals surface area contributed by atoms with Crippen molar-refractivity contribution < 1.29 is 8.78 Å². The molecule has 2 fully saturated rings. The van der Waals surface area contributed by atoms with E-state index in [-0.39, 0.29) is 23.2 Å². The van der Waals surface area contributed by atoms with Gasteiger partial charge in [0.15, 0.2) is 0 Å². The van der Waals surface area contributed by atoms with Gasteiger partial charge in [0.05, 0.1) is 5.92 Å². The van der Waals surface area contributed by atoms with E-state index in [2.05, 4.69) is 41.5 Å². The zero-order valence-electron chi connectivity index (χ0n) is 13.5. The summed E-state index contributed by atoms with van der Waals surface area (Å²) in [6.07, 6.45) is 1.90. The van der Waals surface area contributed by atoms with Crippen LogP contribution in [0.1, 0.15) is 60.8 Å². The summed E-state index contributed by atoms with van der Waals surface area (Å²) in [7, 11) is 0. The molecule has 0 aliphatic heterocycles. The van der Waals surface area contributed by atoms with Gasteiger partial charge >= 0.3 is 0 Å². The molecule has 2 unspecified atom stereocenters. The van der Waals surface area contributed by atoms with E-state index in [0.29, 0.717) is 0 Å². The summed E-state index contributed by atoms with van der Waals surface area (Å²) in [5, 5.41) is 0. The standard InChI is InChI=1S/C18H26F2/c1-16(2,3)12-8-13(17(4,5)6)14-11(12)7-10-9-18(19,20)15(10)14/h10,15H,7-9H2,1-6H3. The molecule has 3 aliphatic rings. The Morgan fingerprint density at radius 2 is 1.50 bits per heavy atom. The van der Waals surface area contributed by atoms with Crippen LogP contribution in [-0.4, -0.2) is 5.92 Å². The van der Waals surface area contributed by atoms with Gasteiger partial charge in [0.1, 0.15) is 0 Å². The molecule has 0 N–H and O–H groups in total. The molecule has 2 atom stereocenters. The Hall–Kier alpha value is -0.660. The van der Waals surface area contributed by atoms with Gasteiger partial charge in [-0.2, -0.15) is 0 Å². The Labute approximate surface area is 121 Å². The Bertz CT molecular complexity index is 521. The predicted molar refractivity (Wildman–Crippen MR) is 78.7 cm³/mol. The molecule has 0 bridgehead atoms. The van der Waals surface area contributed by atoms with Crippen LogP contribution < -0.4 is 0 Å². The minimum absolute atomic E-state index is 0.00581. The third-order valence-electron chi connectivity index (χ3n) is 5.42. The van der Waals surface area contributed by atoms with E-state index >= 15 is 0 Å². The van der Waals surface area contributed by atoms with Gasteiger partial charge in [-0.15, -0.1) is 0 Å². The summed E-state index contributed by atoms with van der Waals surface area (Å²) in [6, 6.07) is 0. The van der Waals surface area contributed by atoms with Crippen LogP contribution in [0.4, 0.5) is 8.78 Å². The Morgan fingerprint density at radius 3 is 1.95 bits per heavy atom. The zero-order valence-corrected chi connectivity index (χ0v) is 13.5. The molecule has 3 aliphatic carbocycles. The van der Waals surface area contributed by atoms with E-state index in [4.69, 9.17) is 0 Å². The van der Waals surface area contributed by atoms with Crippen LogP contribution in [-0.2, 0) is 0 Å². The van der Waals surface area contributed by atoms with E-state index in [0.717, 1.165) is 18.4 Å². The molecule has 0 aromatic rings. The minimum atomic E-state index is -2.47. The first-order valence-electron chi connectivity index (χ1n) is 7.77. The number of alkyl halides is 2. The van der Waals surface area contributed by atoms with Crippen molar-refractivity contribution in [2.24, 2.45) is 22.7 Å². The van der Waals surface area contributed by atoms with Crippen LogP contribution in [0.25, 0.3) is 0 Å². The van der Waals surface area contributed by atoms with Crippen molar-refractivity contribution in [3.63, 3.8) is 0 Å². The van der Waals surface area contributed by atoms with Gasteiger partial charge in [0, 0.05) is 6.42 Å². The lowest BCUT2D eigenvalue weighted by molar-refractivity contribution is -0.147. The van der Waals surface area contributed by atoms with Crippen LogP contribution in [0.3, 0.4) is 0 Å². The first-order chi connectivity index (χ1) is 8.93. The molecule has 20 heavy (non-hydrogen) atoms. The van der Waals surface area contributed by atoms with Gasteiger partial charge < -0.3 is 0 Å². The highest BCUT2D eigenvalue weighted by Gasteiger charge is 2.63. The van der Waals surface area contributed by atoms with E-state index in [1.807, 2.05) is 0 Å². The van der Waals surface area contributed by atoms with Crippen molar-refractivity contribution in [3.8, 4) is 0 Å². The Balaban J connectivity index is 2.13. The maximum atomic E-state index is 14.1. The summed E-state index contributed by atoms with van der Waals surface area (Å²) in [5.41, 5.74) is 5.14. The van der Waals surface area contributed by atoms with Gasteiger partial charge in [-0.3, -0.25) is 0 Å². The first-order valence-corrected chi connectivity index (χ1v) is 7.77. The third-order valence-corrected chi connectivity index (χ3v) is 5.42. The zero-order chi connectivity index (χ0) is 15.1. The lowest BCUT2D eigenvalue weighted by atomic mass is 9.68. The monoisotopic (exact) mass is 280 g/mol. The minimum Gasteiger partial charge on any atom is -0.206 e. The second-order valence-electron chi connectivity index (χ2n) is 8.93. The van der Waals surface area contributed by atoms with Crippen molar-refractivity contribution in [1.29, 1.82) is 0 Å². The van der Waals surface area contributed by atoms with E-state index in [1.54, 1.807) is 0 Å². The summed E-state index contributed by atoms with van der Waals surface area (Å²) in [5.74, 6) is -2.75. The molecule has 0 heterocycles. The lowest BCUT2D eigenvalue weighted by Crippen LogP contribution is -2.45. The molecule has 2 saturated carbocycles. The molecule has 112 valence electrons. The average Bonchev–Trinajstić information content (AvgIpc) is 2.66. The maximum absolute atomic E-state index is 14.1. The number of fused-ring (bicyclic) bond motifs is 3. The summed E-state index contributed by atoms with van der Waals surface area (Å²) in [4.78, 5) is 0. The molecule has 0 radical (unpaired) electrons. The second-order valence-corrected chi connectivity index (χ2v) is 8.93. The van der Waals surface area contributed by atoms with Crippen molar-refractivity contribution >= 4 is 0 Å². The number of hydrogen-bond donors (Lipinski definition) is 0. The van der Waals surface area contributed by atoms with Crippen LogP contribution in [0.15, 0.2) is 22.3 Å². The summed E-state index contributed by atoms with van der Waals surface area (Å²) >= 11 is 0. The fraction of sp³-hybridized carbons (Fsp3) is 0.778. The fourth-order valence-electron chi connectivity index (χ4n) is 4.40. The molecule has 0 aromatic heterocycles. The predicted octanol–water partition coefficient (Wildman–Crippen LogP) is 5.75. The normalized spacial score (nSPS) is 32.4. The Morgan fingerprint density at radius 1 is 0.950 bits per heavy atom. The van der Waals surface area contributed by atoms with Crippen LogP contribution in [0.2, 0.25) is 0 Å². The molecule has 0 saturated heterocycles. The molecular formula is C18H26F2. The van der Waals surface area contributed by atoms with Crippen molar-refractivity contribution in [1.82, 2.24) is 0 Å². The quantitative estimate of drug-likeness (QED) is 0.530. The van der Waals surface area contributed by atoms with E-state index < -0.39 is 11.8 Å². The van der Waals surface area contributed by atoms with E-state index in [9.17, 15) is 8.78 Å². The molecule has 2 heteroatoms. The first kappa shape index (κ1) is 14.3. The van der Waals surface area contributed by atoms with Gasteiger partial charge in [-0.1, -0.05) is 52.7 Å². The number of rotatable bonds is 0. The molecule has 3 rings (SSSR count). The highest BCUT2D eigenvalue weighted by molar-refractivity contribution is 5.57. The largest absolute Gasteiger partial charge is 0.255 e. The smallest absolute Gasteiger partial charge is 0.206 e. The number of allylic oxidation sites excluding steroid dienone is 4. The third kappa shape index (κ3) is 1.83. The highest BCUT2D eigenvalue weighted by atomic mass is 19.3. The molecular weight excluding hydrogens is 254 g/mol. The second kappa shape index (κ2) is 3.75. The van der Waals surface area contributed by atoms with Crippen molar-refractivity contribution in [2.45, 2.75) is 66.7 Å². The van der Waals surface area contributed by atoms with Crippen molar-refractivity contribution in [3.05, 3.63) is 22.3 Å². The molecule has 0 amide bonds. The SMILES string of the molecule is CC(C)(C)C1=C2CC3CC(F)(F)C3C2=C(C(C)(C)C)C1. The molecule has 0 nitrogen and oxygen atoms in total. The van der Waals surface area contributed by atoms with Crippen LogP contribution in [0, 0.1) is 22.7 Å². The van der Waals surface area contributed by atoms with Gasteiger partial charge in [-0.05, 0) is 40.7 Å². The Kier molecular flexibility index (Phi) is 2.68. The number of hydrogen-bond acceptors (Lipinski definition) is 0. The average molecular weight is 280 g/mol. The molecule has 0 spiro atoms. The molecule has 0 aromatic carbocycles. The summed E-state index contributed by atoms with van der Waals surface area (Å²) < 4.78 is 28.1. The fourth-order valence-corrected chi connectivity index (χ4v) is 4.40. The topological polar surface area (TPSA) is 0 Å². The van der Waals surface area contributed by atoms with Crippen LogP contribution in [0.5, 0.6) is 0 Å². The summed E-state index contributed by atoms with van der Waals surface area (Å²) in [6.45, 7) is 13.2. The van der Waals surface area contributed by atoms with Gasteiger partial charge in [0.2, 0.25) is 0 Å². The van der Waals surface area contributed by atoms with Gasteiger partial charge in [-0.25, -0.2) is 8.78 Å². The maximum Gasteiger partial charge on any atom is 0.255 e. The van der Waals surface area contributed by atoms with Crippen LogP contribution >= 0.6 is 0 Å². The van der Waals surface area contributed by atoms with Crippen molar-refractivity contribution in [2.75, 3.05) is 0 Å². The number of halogens is 2. The highest BCUT2D eigenvalue weighted by Crippen LogP contribution is 2.66. The lowest BCUT2D eigenvalue weighted by Gasteiger charge is -2.41. The van der Waals surface area contributed by atoms with E-state index in [1.165, 1.54) is 16.7 Å². The van der Waals surface area contributed by atoms with Gasteiger partial charge in [0.25, 0.3) is 5.92 Å².